The van der Waals surface area contributed by atoms with Crippen molar-refractivity contribution in [3.05, 3.63) is 54.9 Å². The summed E-state index contributed by atoms with van der Waals surface area (Å²) in [6.45, 7) is 6.86. The van der Waals surface area contributed by atoms with E-state index in [2.05, 4.69) is 18.8 Å². The number of benzene rings is 1. The maximum absolute atomic E-state index is 5.49. The molecule has 0 saturated carbocycles. The highest BCUT2D eigenvalue weighted by molar-refractivity contribution is 5.23. The molecule has 0 unspecified atom stereocenters. The summed E-state index contributed by atoms with van der Waals surface area (Å²) in [6.07, 6.45) is 5.78. The average Bonchev–Trinajstić information content (AvgIpc) is 2.35. The van der Waals surface area contributed by atoms with Crippen LogP contribution in [0.5, 0.6) is 5.75 Å². The van der Waals surface area contributed by atoms with Gasteiger partial charge in [0.15, 0.2) is 0 Å². The molecule has 0 bridgehead atoms. The Hall–Kier alpha value is -1.70. The Morgan fingerprint density at radius 2 is 2.12 bits per heavy atom. The predicted molar refractivity (Wildman–Crippen MR) is 68.3 cm³/mol. The van der Waals surface area contributed by atoms with Gasteiger partial charge in [-0.2, -0.15) is 0 Å². The lowest BCUT2D eigenvalue weighted by Crippen LogP contribution is -2.13. The van der Waals surface area contributed by atoms with Crippen molar-refractivity contribution in [2.24, 2.45) is 0 Å². The van der Waals surface area contributed by atoms with E-state index in [0.717, 1.165) is 24.4 Å². The molecule has 0 saturated heterocycles. The number of allylic oxidation sites excluding steroid dienone is 1. The molecule has 86 valence electrons. The first-order chi connectivity index (χ1) is 7.86. The topological polar surface area (TPSA) is 21.3 Å². The van der Waals surface area contributed by atoms with E-state index in [0.29, 0.717) is 0 Å². The molecular formula is C14H19NO. The first kappa shape index (κ1) is 12.4. The SMILES string of the molecule is C=C/C(=C/Oc1ccccc1)NCCCC. The van der Waals surface area contributed by atoms with E-state index in [1.807, 2.05) is 30.3 Å². The van der Waals surface area contributed by atoms with Crippen LogP contribution in [-0.4, -0.2) is 6.54 Å². The maximum atomic E-state index is 5.49. The quantitative estimate of drug-likeness (QED) is 0.429. The third kappa shape index (κ3) is 4.69. The zero-order chi connectivity index (χ0) is 11.6. The second-order valence-electron chi connectivity index (χ2n) is 3.49. The summed E-state index contributed by atoms with van der Waals surface area (Å²) in [5.74, 6) is 0.833. The zero-order valence-corrected chi connectivity index (χ0v) is 9.78. The smallest absolute Gasteiger partial charge is 0.126 e. The highest BCUT2D eigenvalue weighted by atomic mass is 16.5. The Labute approximate surface area is 97.6 Å². The summed E-state index contributed by atoms with van der Waals surface area (Å²) >= 11 is 0. The van der Waals surface area contributed by atoms with E-state index in [-0.39, 0.29) is 0 Å². The van der Waals surface area contributed by atoms with Crippen molar-refractivity contribution in [1.29, 1.82) is 0 Å². The standard InChI is InChI=1S/C14H19NO/c1-3-5-11-15-13(4-2)12-16-14-9-7-6-8-10-14/h4,6-10,12,15H,2-3,5,11H2,1H3/b13-12-. The van der Waals surface area contributed by atoms with E-state index in [9.17, 15) is 0 Å². The monoisotopic (exact) mass is 217 g/mol. The molecule has 0 heterocycles. The summed E-state index contributed by atoms with van der Waals surface area (Å²) < 4.78 is 5.49. The van der Waals surface area contributed by atoms with Crippen LogP contribution in [0, 0.1) is 0 Å². The van der Waals surface area contributed by atoms with Crippen molar-refractivity contribution < 1.29 is 4.74 Å². The molecule has 0 spiro atoms. The van der Waals surface area contributed by atoms with Gasteiger partial charge in [-0.15, -0.1) is 0 Å². The number of hydrogen-bond acceptors (Lipinski definition) is 2. The van der Waals surface area contributed by atoms with Gasteiger partial charge >= 0.3 is 0 Å². The molecule has 1 N–H and O–H groups in total. The van der Waals surface area contributed by atoms with Crippen molar-refractivity contribution in [2.75, 3.05) is 6.54 Å². The number of nitrogens with one attached hydrogen (secondary N) is 1. The number of ether oxygens (including phenoxy) is 1. The van der Waals surface area contributed by atoms with Gasteiger partial charge in [0.05, 0.1) is 5.70 Å². The molecule has 1 aromatic carbocycles. The molecule has 2 nitrogen and oxygen atoms in total. The fourth-order valence-corrected chi connectivity index (χ4v) is 1.20. The van der Waals surface area contributed by atoms with Gasteiger partial charge in [-0.3, -0.25) is 0 Å². The van der Waals surface area contributed by atoms with Gasteiger partial charge in [-0.05, 0) is 24.6 Å². The lowest BCUT2D eigenvalue weighted by atomic mass is 10.3. The fourth-order valence-electron chi connectivity index (χ4n) is 1.20. The minimum Gasteiger partial charge on any atom is -0.463 e. The van der Waals surface area contributed by atoms with E-state index >= 15 is 0 Å². The van der Waals surface area contributed by atoms with Crippen molar-refractivity contribution in [3.8, 4) is 5.75 Å². The van der Waals surface area contributed by atoms with Crippen molar-refractivity contribution in [3.63, 3.8) is 0 Å². The maximum Gasteiger partial charge on any atom is 0.126 e. The van der Waals surface area contributed by atoms with Crippen LogP contribution in [0.25, 0.3) is 0 Å². The number of para-hydroxylation sites is 1. The summed E-state index contributed by atoms with van der Waals surface area (Å²) in [4.78, 5) is 0. The van der Waals surface area contributed by atoms with Crippen LogP contribution >= 0.6 is 0 Å². The largest absolute Gasteiger partial charge is 0.463 e. The summed E-state index contributed by atoms with van der Waals surface area (Å²) in [6, 6.07) is 9.69. The van der Waals surface area contributed by atoms with Crippen LogP contribution in [0.3, 0.4) is 0 Å². The molecule has 2 heteroatoms. The summed E-state index contributed by atoms with van der Waals surface area (Å²) in [7, 11) is 0. The summed E-state index contributed by atoms with van der Waals surface area (Å²) in [5.41, 5.74) is 0.914. The van der Waals surface area contributed by atoms with Crippen LogP contribution < -0.4 is 10.1 Å². The van der Waals surface area contributed by atoms with Crippen LogP contribution in [-0.2, 0) is 0 Å². The first-order valence-electron chi connectivity index (χ1n) is 5.65. The summed E-state index contributed by atoms with van der Waals surface area (Å²) in [5, 5.41) is 3.26. The van der Waals surface area contributed by atoms with E-state index in [4.69, 9.17) is 4.74 Å². The van der Waals surface area contributed by atoms with E-state index in [1.54, 1.807) is 12.3 Å². The van der Waals surface area contributed by atoms with Crippen LogP contribution in [0.2, 0.25) is 0 Å². The van der Waals surface area contributed by atoms with Crippen LogP contribution in [0.15, 0.2) is 54.9 Å². The van der Waals surface area contributed by atoms with Gasteiger partial charge in [0.1, 0.15) is 12.0 Å². The van der Waals surface area contributed by atoms with Crippen molar-refractivity contribution >= 4 is 0 Å². The zero-order valence-electron chi connectivity index (χ0n) is 9.78. The number of hydrogen-bond donors (Lipinski definition) is 1. The molecule has 0 aromatic heterocycles. The van der Waals surface area contributed by atoms with E-state index in [1.165, 1.54) is 6.42 Å². The second kappa shape index (κ2) is 7.57. The Morgan fingerprint density at radius 3 is 2.75 bits per heavy atom. The number of rotatable bonds is 7. The van der Waals surface area contributed by atoms with Gasteiger partial charge in [-0.1, -0.05) is 38.1 Å². The van der Waals surface area contributed by atoms with Gasteiger partial charge < -0.3 is 10.1 Å². The molecule has 0 atom stereocenters. The Balaban J connectivity index is 2.43. The molecule has 1 aromatic rings. The van der Waals surface area contributed by atoms with Gasteiger partial charge in [-0.25, -0.2) is 0 Å². The molecular weight excluding hydrogens is 198 g/mol. The minimum atomic E-state index is 0.833. The third-order valence-corrected chi connectivity index (χ3v) is 2.14. The highest BCUT2D eigenvalue weighted by Gasteiger charge is 1.92. The lowest BCUT2D eigenvalue weighted by Gasteiger charge is -2.06. The first-order valence-corrected chi connectivity index (χ1v) is 5.65. The number of unbranched alkanes of at least 4 members (excludes halogenated alkanes) is 1. The average molecular weight is 217 g/mol. The molecule has 0 aliphatic carbocycles. The second-order valence-corrected chi connectivity index (χ2v) is 3.49. The normalized spacial score (nSPS) is 10.9. The minimum absolute atomic E-state index is 0.833. The molecule has 0 aliphatic heterocycles. The van der Waals surface area contributed by atoms with Gasteiger partial charge in [0, 0.05) is 6.54 Å². The molecule has 0 radical (unpaired) electrons. The predicted octanol–water partition coefficient (Wildman–Crippen LogP) is 3.48. The third-order valence-electron chi connectivity index (χ3n) is 2.14. The lowest BCUT2D eigenvalue weighted by molar-refractivity contribution is 0.471. The Morgan fingerprint density at radius 1 is 1.38 bits per heavy atom. The van der Waals surface area contributed by atoms with Crippen LogP contribution in [0.4, 0.5) is 0 Å². The van der Waals surface area contributed by atoms with E-state index < -0.39 is 0 Å². The van der Waals surface area contributed by atoms with Gasteiger partial charge in [0.25, 0.3) is 0 Å². The fraction of sp³-hybridized carbons (Fsp3) is 0.286. The van der Waals surface area contributed by atoms with Gasteiger partial charge in [0.2, 0.25) is 0 Å². The van der Waals surface area contributed by atoms with Crippen molar-refractivity contribution in [2.45, 2.75) is 19.8 Å². The highest BCUT2D eigenvalue weighted by Crippen LogP contribution is 2.09. The Kier molecular flexibility index (Phi) is 5.86. The molecule has 0 amide bonds. The molecule has 16 heavy (non-hydrogen) atoms. The van der Waals surface area contributed by atoms with Crippen LogP contribution in [0.1, 0.15) is 19.8 Å². The molecule has 0 fully saturated rings. The molecule has 0 aliphatic rings. The van der Waals surface area contributed by atoms with Crippen molar-refractivity contribution in [1.82, 2.24) is 5.32 Å². The molecule has 1 rings (SSSR count). The Bertz CT molecular complexity index is 330.